The van der Waals surface area contributed by atoms with Crippen LogP contribution >= 0.6 is 23.4 Å². The number of hydrogen-bond donors (Lipinski definition) is 0. The van der Waals surface area contributed by atoms with Crippen LogP contribution in [-0.4, -0.2) is 129 Å². The summed E-state index contributed by atoms with van der Waals surface area (Å²) in [4.78, 5) is 41.2. The van der Waals surface area contributed by atoms with Gasteiger partial charge in [0.15, 0.2) is 5.69 Å². The molecule has 0 aliphatic carbocycles. The van der Waals surface area contributed by atoms with Gasteiger partial charge in [0.1, 0.15) is 0 Å². The maximum Gasteiger partial charge on any atom is 4.00 e. The smallest absolute Gasteiger partial charge is 0.255 e. The molecule has 0 unspecified atom stereocenters. The standard InChI is InChI=1S/3C10H8N2.C10H11N2.C10H14N.C9H11N2O2.6C2H4N.3F6P.3Ru/c3*1-3-7-11-9(5-1)10-6-2-4-8-12-10;1-12(2)8-10-5-3-9(7-11)4-6-10;1-9-5-4-6-10(7-9)8-11(2)3;1-10(2)7-8-3-5-9(6-4-8)11(12)13;6*1-2-3;3*1-7(2,3,4,5)6;;;/h3*1-8H;3-5H,8H2,1-2H3;4-5,7H,8H2,1-3H3;3,5-6H,7H2,1-2H3;6*2H,1H3;;;;;;/q;;;12*-1;3*+4. The van der Waals surface area contributed by atoms with Gasteiger partial charge < -0.3 is 47.2 Å². The van der Waals surface area contributed by atoms with Gasteiger partial charge in [0, 0.05) is 67.8 Å². The Balaban J connectivity index is -0.000000152. The summed E-state index contributed by atoms with van der Waals surface area (Å²) in [5.74, 6) is 0. The van der Waals surface area contributed by atoms with Gasteiger partial charge in [-0.3, -0.25) is 40.0 Å². The van der Waals surface area contributed by atoms with E-state index >= 15 is 0 Å². The predicted molar refractivity (Wildman–Crippen MR) is 418 cm³/mol. The van der Waals surface area contributed by atoms with Gasteiger partial charge in [-0.25, -0.2) is 42.5 Å². The molecule has 6 heterocycles. The SMILES string of the molecule is CC=[N-].CC=[N-].CC=[N-].CC=[N-].CC=[N-].CC=[N-].CN(C)Cc1[c-]cc(C#N)cc1.CN(C)Cc1[c-]cc([N+](=O)[O-])cc1.Cc1cc[c-]c(CN(C)C)c1.F[P-](F)(F)(F)(F)F.F[P-](F)(F)(F)(F)F.F[P-](F)(F)(F)(F)F.[Ru+4].[Ru+4].[Ru+4].c1ccc(-c2ccccn2)nc1.c1ccc(-c2ccccn2)nc1.c1ccc(-c2ccccn2)nc1. The number of nitro benzene ring substituents is 1. The zero-order valence-corrected chi connectivity index (χ0v) is 71.2. The van der Waals surface area contributed by atoms with E-state index in [1.165, 1.54) is 23.3 Å². The summed E-state index contributed by atoms with van der Waals surface area (Å²) in [6, 6.07) is 62.3. The monoisotopic (exact) mass is 1950 g/mol. The third kappa shape index (κ3) is 110. The van der Waals surface area contributed by atoms with Crippen molar-refractivity contribution in [3.63, 3.8) is 0 Å². The number of aromatic nitrogens is 6. The van der Waals surface area contributed by atoms with Crippen molar-refractivity contribution in [2.75, 3.05) is 42.3 Å². The molecule has 9 aromatic rings. The largest absolute Gasteiger partial charge is 4.00 e. The molecule has 19 nitrogen and oxygen atoms in total. The Labute approximate surface area is 691 Å². The number of hydrogen-bond acceptors (Lipinski definition) is 12. The van der Waals surface area contributed by atoms with Crippen LogP contribution in [0.25, 0.3) is 66.6 Å². The Morgan fingerprint density at radius 3 is 0.763 bits per heavy atom. The molecule has 0 bridgehead atoms. The molecule has 0 fully saturated rings. The van der Waals surface area contributed by atoms with Gasteiger partial charge in [-0.15, -0.1) is 22.8 Å². The van der Waals surface area contributed by atoms with Crippen molar-refractivity contribution in [2.24, 2.45) is 0 Å². The van der Waals surface area contributed by atoms with E-state index in [4.69, 9.17) is 37.7 Å². The van der Waals surface area contributed by atoms with E-state index in [1.54, 1.807) is 90.9 Å². The molecular formula is C71H84F18N17O2P3Ru3. The average molecular weight is 1950 g/mol. The van der Waals surface area contributed by atoms with Crippen molar-refractivity contribution in [3.05, 3.63) is 290 Å². The summed E-state index contributed by atoms with van der Waals surface area (Å²) in [5.41, 5.74) is 10.9. The molecular weight excluding hydrogens is 1860 g/mol. The number of pyridine rings is 6. The van der Waals surface area contributed by atoms with E-state index in [-0.39, 0.29) is 64.1 Å². The first kappa shape index (κ1) is 123. The minimum atomic E-state index is -10.7. The van der Waals surface area contributed by atoms with Crippen LogP contribution in [0.1, 0.15) is 69.4 Å². The van der Waals surface area contributed by atoms with Gasteiger partial charge in [0.05, 0.1) is 34.2 Å². The molecule has 6 aromatic heterocycles. The number of benzene rings is 3. The van der Waals surface area contributed by atoms with Gasteiger partial charge in [0.2, 0.25) is 0 Å². The molecule has 0 aliphatic rings. The number of rotatable bonds is 10. The zero-order valence-electron chi connectivity index (χ0n) is 63.3. The number of nitrogens with zero attached hydrogens (tertiary/aromatic N) is 17. The van der Waals surface area contributed by atoms with Gasteiger partial charge in [-0.1, -0.05) is 96.5 Å². The number of nitro groups is 1. The molecule has 43 heteroatoms. The molecule has 0 amide bonds. The van der Waals surface area contributed by atoms with E-state index in [0.717, 1.165) is 102 Å². The Kier molecular flexibility index (Phi) is 64.8. The summed E-state index contributed by atoms with van der Waals surface area (Å²) in [6.07, 6.45) is 16.6. The van der Waals surface area contributed by atoms with E-state index in [2.05, 4.69) is 97.1 Å². The molecule has 0 N–H and O–H groups in total. The third-order valence-electron chi connectivity index (χ3n) is 9.33. The normalized spacial score (nSPS) is 11.2. The number of aryl methyl sites for hydroxylation is 1. The predicted octanol–water partition coefficient (Wildman–Crippen LogP) is 25.2. The quantitative estimate of drug-likeness (QED) is 0.0235. The minimum absolute atomic E-state index is 0. The van der Waals surface area contributed by atoms with Crippen LogP contribution in [0.4, 0.5) is 81.2 Å². The van der Waals surface area contributed by atoms with Crippen LogP contribution in [0.15, 0.2) is 201 Å². The van der Waals surface area contributed by atoms with Gasteiger partial charge in [0.25, 0.3) is 0 Å². The second-order valence-corrected chi connectivity index (χ2v) is 26.6. The summed E-state index contributed by atoms with van der Waals surface area (Å²) in [7, 11) is -19.9. The second-order valence-electron chi connectivity index (χ2n) is 20.9. The molecule has 0 atom stereocenters. The third-order valence-corrected chi connectivity index (χ3v) is 9.33. The maximum absolute atomic E-state index is 10.7. The van der Waals surface area contributed by atoms with Crippen LogP contribution in [0.3, 0.4) is 0 Å². The van der Waals surface area contributed by atoms with Gasteiger partial charge >= 0.3 is 157 Å². The van der Waals surface area contributed by atoms with Crippen molar-refractivity contribution in [3.8, 4) is 40.2 Å². The fourth-order valence-electron chi connectivity index (χ4n) is 6.13. The van der Waals surface area contributed by atoms with Gasteiger partial charge in [-0.05, 0) is 115 Å². The fourth-order valence-corrected chi connectivity index (χ4v) is 6.13. The molecule has 9 rings (SSSR count). The summed E-state index contributed by atoms with van der Waals surface area (Å²) in [5, 5.41) is 63.5. The molecule has 0 spiro atoms. The van der Waals surface area contributed by atoms with Crippen LogP contribution in [-0.2, 0) is 78.1 Å². The van der Waals surface area contributed by atoms with E-state index in [1.807, 2.05) is 160 Å². The van der Waals surface area contributed by atoms with Crippen LogP contribution < -0.4 is 0 Å². The van der Waals surface area contributed by atoms with Crippen molar-refractivity contribution in [2.45, 2.75) is 68.1 Å². The minimum Gasteiger partial charge on any atom is -0.255 e. The molecule has 0 saturated heterocycles. The fraction of sp³-hybridized carbons (Fsp3) is 0.225. The van der Waals surface area contributed by atoms with Crippen LogP contribution in [0.2, 0.25) is 0 Å². The second kappa shape index (κ2) is 59.9. The van der Waals surface area contributed by atoms with E-state index in [0.29, 0.717) is 5.56 Å². The van der Waals surface area contributed by atoms with Crippen LogP contribution in [0, 0.1) is 46.6 Å². The first-order valence-electron chi connectivity index (χ1n) is 30.9. The van der Waals surface area contributed by atoms with Crippen molar-refractivity contribution < 1.29 is 139 Å². The summed E-state index contributed by atoms with van der Waals surface area (Å²) in [6.45, 7) is 14.0. The van der Waals surface area contributed by atoms with E-state index < -0.39 is 28.3 Å². The number of non-ortho nitro benzene ring substituents is 1. The first-order chi connectivity index (χ1) is 50.7. The van der Waals surface area contributed by atoms with Crippen LogP contribution in [0.5, 0.6) is 0 Å². The van der Waals surface area contributed by atoms with Gasteiger partial charge in [-0.2, -0.15) is 66.2 Å². The molecule has 630 valence electrons. The molecule has 0 radical (unpaired) electrons. The average Bonchev–Trinajstić information content (AvgIpc) is 0.801. The van der Waals surface area contributed by atoms with Crippen molar-refractivity contribution in [1.29, 1.82) is 5.26 Å². The maximum atomic E-state index is 10.3. The Morgan fingerprint density at radius 2 is 0.605 bits per heavy atom. The molecule has 0 saturated carbocycles. The number of nitriles is 1. The Bertz CT molecular complexity index is 3580. The zero-order chi connectivity index (χ0) is 87.2. The summed E-state index contributed by atoms with van der Waals surface area (Å²) < 4.78 is 178. The Morgan fingerprint density at radius 1 is 0.386 bits per heavy atom. The number of halogens is 18. The topological polar surface area (TPSA) is 288 Å². The first-order valence-corrected chi connectivity index (χ1v) is 37.0. The summed E-state index contributed by atoms with van der Waals surface area (Å²) >= 11 is 0. The van der Waals surface area contributed by atoms with Crippen molar-refractivity contribution >= 4 is 66.4 Å². The Hall–Kier alpha value is -8.75. The molecule has 114 heavy (non-hydrogen) atoms. The van der Waals surface area contributed by atoms with Crippen molar-refractivity contribution in [1.82, 2.24) is 44.6 Å². The van der Waals surface area contributed by atoms with E-state index in [9.17, 15) is 85.7 Å². The molecule has 3 aromatic carbocycles. The molecule has 0 aliphatic heterocycles.